The van der Waals surface area contributed by atoms with Gasteiger partial charge in [-0.3, -0.25) is 14.5 Å². The molecule has 1 aliphatic rings. The highest BCUT2D eigenvalue weighted by Crippen LogP contribution is 2.28. The number of hydrogen-bond donors (Lipinski definition) is 3. The van der Waals surface area contributed by atoms with Crippen molar-refractivity contribution in [1.82, 2.24) is 15.1 Å². The van der Waals surface area contributed by atoms with E-state index in [4.69, 9.17) is 21.4 Å². The topological polar surface area (TPSA) is 111 Å². The third kappa shape index (κ3) is 7.82. The van der Waals surface area contributed by atoms with E-state index < -0.39 is 12.0 Å². The lowest BCUT2D eigenvalue weighted by molar-refractivity contribution is -0.139. The van der Waals surface area contributed by atoms with E-state index in [1.807, 2.05) is 13.8 Å². The van der Waals surface area contributed by atoms with E-state index in [0.717, 1.165) is 5.56 Å². The monoisotopic (exact) mass is 520 g/mol. The van der Waals surface area contributed by atoms with Gasteiger partial charge >= 0.3 is 12.0 Å². The molecule has 11 heteroatoms. The van der Waals surface area contributed by atoms with E-state index in [9.17, 15) is 18.8 Å². The standard InChI is InChI=1S/C25H30ClFN4O5/c1-16-13-31(17(2)12-30(16)14-18-3-6-20(27)7-4-18)23(32)15-36-22-8-5-19(26)11-21(22)29-25(35)28-10-9-24(33)34/h3-8,11,16-17H,9-10,12-15H2,1-2H3,(H,33,34)(H2,28,29,35)/t16-,17+/m0/s1. The van der Waals surface area contributed by atoms with Crippen LogP contribution in [0, 0.1) is 5.82 Å². The van der Waals surface area contributed by atoms with Gasteiger partial charge in [0.15, 0.2) is 6.61 Å². The summed E-state index contributed by atoms with van der Waals surface area (Å²) in [4.78, 5) is 39.7. The van der Waals surface area contributed by atoms with Gasteiger partial charge in [0, 0.05) is 43.3 Å². The van der Waals surface area contributed by atoms with Crippen molar-refractivity contribution in [3.63, 3.8) is 0 Å². The number of halogens is 2. The molecule has 0 radical (unpaired) electrons. The third-order valence-corrected chi connectivity index (χ3v) is 6.13. The number of ether oxygens (including phenoxy) is 1. The van der Waals surface area contributed by atoms with Crippen molar-refractivity contribution < 1.29 is 28.6 Å². The van der Waals surface area contributed by atoms with E-state index in [2.05, 4.69) is 15.5 Å². The summed E-state index contributed by atoms with van der Waals surface area (Å²) >= 11 is 6.04. The fourth-order valence-corrected chi connectivity index (χ4v) is 4.16. The van der Waals surface area contributed by atoms with Crippen LogP contribution in [0.25, 0.3) is 0 Å². The van der Waals surface area contributed by atoms with E-state index in [0.29, 0.717) is 24.7 Å². The van der Waals surface area contributed by atoms with Crippen LogP contribution in [-0.4, -0.2) is 71.1 Å². The zero-order chi connectivity index (χ0) is 26.2. The summed E-state index contributed by atoms with van der Waals surface area (Å²) in [5, 5.41) is 14.0. The Morgan fingerprint density at radius 1 is 1.11 bits per heavy atom. The molecule has 0 aliphatic carbocycles. The number of nitrogens with one attached hydrogen (secondary N) is 2. The smallest absolute Gasteiger partial charge is 0.319 e. The molecule has 1 heterocycles. The van der Waals surface area contributed by atoms with Crippen molar-refractivity contribution in [3.8, 4) is 5.75 Å². The Morgan fingerprint density at radius 3 is 2.53 bits per heavy atom. The number of carbonyl (C=O) groups excluding carboxylic acids is 2. The molecule has 1 fully saturated rings. The van der Waals surface area contributed by atoms with Crippen LogP contribution in [0.4, 0.5) is 14.9 Å². The normalized spacial score (nSPS) is 17.9. The van der Waals surface area contributed by atoms with Crippen molar-refractivity contribution >= 4 is 35.2 Å². The number of benzene rings is 2. The molecule has 3 amide bonds. The first-order valence-corrected chi connectivity index (χ1v) is 12.0. The molecule has 2 aromatic rings. The first-order chi connectivity index (χ1) is 17.1. The van der Waals surface area contributed by atoms with Crippen LogP contribution in [0.3, 0.4) is 0 Å². The van der Waals surface area contributed by atoms with Crippen LogP contribution in [-0.2, 0) is 16.1 Å². The van der Waals surface area contributed by atoms with Gasteiger partial charge in [-0.05, 0) is 49.7 Å². The number of carbonyl (C=O) groups is 3. The maximum atomic E-state index is 13.2. The molecule has 9 nitrogen and oxygen atoms in total. The number of rotatable bonds is 9. The summed E-state index contributed by atoms with van der Waals surface area (Å²) in [7, 11) is 0. The van der Waals surface area contributed by atoms with Crippen molar-refractivity contribution in [2.45, 2.75) is 38.9 Å². The Kier molecular flexibility index (Phi) is 9.49. The SMILES string of the molecule is C[C@@H]1CN(Cc2ccc(F)cc2)[C@@H](C)CN1C(=O)COc1ccc(Cl)cc1NC(=O)NCCC(=O)O. The lowest BCUT2D eigenvalue weighted by Crippen LogP contribution is -2.58. The van der Waals surface area contributed by atoms with Crippen LogP contribution < -0.4 is 15.4 Å². The number of carboxylic acid groups (broad SMARTS) is 1. The lowest BCUT2D eigenvalue weighted by atomic mass is 10.1. The predicted molar refractivity (Wildman–Crippen MR) is 134 cm³/mol. The molecule has 0 aromatic heterocycles. The van der Waals surface area contributed by atoms with Gasteiger partial charge in [0.2, 0.25) is 0 Å². The van der Waals surface area contributed by atoms with Gasteiger partial charge in [0.05, 0.1) is 12.1 Å². The third-order valence-electron chi connectivity index (χ3n) is 5.90. The highest BCUT2D eigenvalue weighted by Gasteiger charge is 2.32. The molecule has 0 spiro atoms. The Bertz CT molecular complexity index is 1080. The van der Waals surface area contributed by atoms with Gasteiger partial charge in [-0.25, -0.2) is 9.18 Å². The van der Waals surface area contributed by atoms with Crippen molar-refractivity contribution in [2.24, 2.45) is 0 Å². The summed E-state index contributed by atoms with van der Waals surface area (Å²) < 4.78 is 18.9. The van der Waals surface area contributed by atoms with Gasteiger partial charge in [0.1, 0.15) is 11.6 Å². The minimum absolute atomic E-state index is 0.0420. The van der Waals surface area contributed by atoms with Crippen LogP contribution in [0.5, 0.6) is 5.75 Å². The summed E-state index contributed by atoms with van der Waals surface area (Å²) in [5.41, 5.74) is 1.27. The quantitative estimate of drug-likeness (QED) is 0.466. The summed E-state index contributed by atoms with van der Waals surface area (Å²) in [6, 6.07) is 10.5. The number of carboxylic acids is 1. The number of piperazine rings is 1. The van der Waals surface area contributed by atoms with Gasteiger partial charge < -0.3 is 25.4 Å². The molecule has 3 rings (SSSR count). The molecule has 194 valence electrons. The van der Waals surface area contributed by atoms with Crippen molar-refractivity contribution in [1.29, 1.82) is 0 Å². The Labute approximate surface area is 214 Å². The van der Waals surface area contributed by atoms with Crippen molar-refractivity contribution in [3.05, 3.63) is 58.9 Å². The number of anilines is 1. The van der Waals surface area contributed by atoms with Crippen LogP contribution >= 0.6 is 11.6 Å². The van der Waals surface area contributed by atoms with Gasteiger partial charge in [-0.2, -0.15) is 0 Å². The molecule has 3 N–H and O–H groups in total. The molecule has 1 aliphatic heterocycles. The highest BCUT2D eigenvalue weighted by atomic mass is 35.5. The molecule has 2 aromatic carbocycles. The molecule has 36 heavy (non-hydrogen) atoms. The molecule has 0 bridgehead atoms. The van der Waals surface area contributed by atoms with E-state index in [1.165, 1.54) is 18.2 Å². The first-order valence-electron chi connectivity index (χ1n) is 11.6. The molecule has 0 unspecified atom stereocenters. The lowest BCUT2D eigenvalue weighted by Gasteiger charge is -2.44. The zero-order valence-corrected chi connectivity index (χ0v) is 20.9. The summed E-state index contributed by atoms with van der Waals surface area (Å²) in [6.07, 6.45) is -0.214. The minimum atomic E-state index is -1.03. The Balaban J connectivity index is 1.56. The number of nitrogens with zero attached hydrogens (tertiary/aromatic N) is 2. The summed E-state index contributed by atoms with van der Waals surface area (Å²) in [5.74, 6) is -1.23. The van der Waals surface area contributed by atoms with Gasteiger partial charge in [-0.15, -0.1) is 0 Å². The minimum Gasteiger partial charge on any atom is -0.482 e. The number of hydrogen-bond acceptors (Lipinski definition) is 5. The van der Waals surface area contributed by atoms with Crippen LogP contribution in [0.2, 0.25) is 5.02 Å². The number of aliphatic carboxylic acids is 1. The van der Waals surface area contributed by atoms with Crippen LogP contribution in [0.15, 0.2) is 42.5 Å². The van der Waals surface area contributed by atoms with Gasteiger partial charge in [-0.1, -0.05) is 23.7 Å². The van der Waals surface area contributed by atoms with Gasteiger partial charge in [0.25, 0.3) is 5.91 Å². The van der Waals surface area contributed by atoms with E-state index in [1.54, 1.807) is 29.2 Å². The molecule has 2 atom stereocenters. The molecular weight excluding hydrogens is 491 g/mol. The molecule has 0 saturated carbocycles. The molecular formula is C25H30ClFN4O5. The largest absolute Gasteiger partial charge is 0.482 e. The van der Waals surface area contributed by atoms with E-state index in [-0.39, 0.29) is 54.8 Å². The first kappa shape index (κ1) is 27.2. The maximum Gasteiger partial charge on any atom is 0.319 e. The predicted octanol–water partition coefficient (Wildman–Crippen LogP) is 3.58. The van der Waals surface area contributed by atoms with Crippen LogP contribution in [0.1, 0.15) is 25.8 Å². The zero-order valence-electron chi connectivity index (χ0n) is 20.2. The number of urea groups is 1. The highest BCUT2D eigenvalue weighted by molar-refractivity contribution is 6.31. The second-order valence-electron chi connectivity index (χ2n) is 8.75. The Morgan fingerprint density at radius 2 is 1.83 bits per heavy atom. The average Bonchev–Trinajstić information content (AvgIpc) is 2.81. The fourth-order valence-electron chi connectivity index (χ4n) is 3.99. The second kappa shape index (κ2) is 12.5. The maximum absolute atomic E-state index is 13.2. The molecule has 1 saturated heterocycles. The average molecular weight is 521 g/mol. The number of amides is 3. The fraction of sp³-hybridized carbons (Fsp3) is 0.400. The second-order valence-corrected chi connectivity index (χ2v) is 9.19. The van der Waals surface area contributed by atoms with Crippen molar-refractivity contribution in [2.75, 3.05) is 31.6 Å². The Hall–Kier alpha value is -3.37. The van der Waals surface area contributed by atoms with E-state index >= 15 is 0 Å². The summed E-state index contributed by atoms with van der Waals surface area (Å²) in [6.45, 7) is 5.58.